The maximum absolute atomic E-state index is 11.5. The number of benzene rings is 2. The number of H-pyrrole nitrogens is 1. The minimum atomic E-state index is -3.21. The van der Waals surface area contributed by atoms with Crippen LogP contribution < -0.4 is 0 Å². The number of hydrogen-bond donors (Lipinski definition) is 2. The van der Waals surface area contributed by atoms with E-state index < -0.39 is 9.84 Å². The van der Waals surface area contributed by atoms with Crippen LogP contribution in [0.4, 0.5) is 0 Å². The van der Waals surface area contributed by atoms with Gasteiger partial charge in [0.1, 0.15) is 5.75 Å². The van der Waals surface area contributed by atoms with E-state index in [1.165, 1.54) is 6.26 Å². The molecule has 0 saturated carbocycles. The van der Waals surface area contributed by atoms with E-state index in [4.69, 9.17) is 0 Å². The van der Waals surface area contributed by atoms with Crippen molar-refractivity contribution in [3.8, 4) is 5.75 Å². The lowest BCUT2D eigenvalue weighted by molar-refractivity contribution is 0.476. The SMILES string of the molecule is CS(=O)(=O)c1ccc2c(c1)[nH]c1cc(O)ccc12. The van der Waals surface area contributed by atoms with Crippen LogP contribution >= 0.6 is 0 Å². The van der Waals surface area contributed by atoms with Crippen LogP contribution in [0.15, 0.2) is 41.3 Å². The van der Waals surface area contributed by atoms with Crippen LogP contribution in [0, 0.1) is 0 Å². The van der Waals surface area contributed by atoms with E-state index in [-0.39, 0.29) is 10.6 Å². The van der Waals surface area contributed by atoms with Gasteiger partial charge in [0.15, 0.2) is 9.84 Å². The van der Waals surface area contributed by atoms with Crippen molar-refractivity contribution in [1.82, 2.24) is 4.98 Å². The lowest BCUT2D eigenvalue weighted by Gasteiger charge is -1.97. The molecule has 18 heavy (non-hydrogen) atoms. The molecule has 0 saturated heterocycles. The van der Waals surface area contributed by atoms with E-state index >= 15 is 0 Å². The maximum Gasteiger partial charge on any atom is 0.175 e. The number of nitrogens with one attached hydrogen (secondary N) is 1. The molecule has 3 aromatic rings. The molecule has 0 unspecified atom stereocenters. The van der Waals surface area contributed by atoms with Crippen molar-refractivity contribution in [2.75, 3.05) is 6.26 Å². The Morgan fingerprint density at radius 3 is 2.28 bits per heavy atom. The fraction of sp³-hybridized carbons (Fsp3) is 0.0769. The van der Waals surface area contributed by atoms with Gasteiger partial charge in [-0.15, -0.1) is 0 Å². The first-order valence-corrected chi connectivity index (χ1v) is 7.29. The lowest BCUT2D eigenvalue weighted by Crippen LogP contribution is -1.95. The number of aromatic amines is 1. The molecular formula is C13H11NO3S. The molecule has 5 heteroatoms. The van der Waals surface area contributed by atoms with Crippen molar-refractivity contribution < 1.29 is 13.5 Å². The Morgan fingerprint density at radius 1 is 1.00 bits per heavy atom. The summed E-state index contributed by atoms with van der Waals surface area (Å²) in [4.78, 5) is 3.39. The molecule has 0 spiro atoms. The molecule has 1 heterocycles. The second-order valence-electron chi connectivity index (χ2n) is 4.33. The van der Waals surface area contributed by atoms with Crippen molar-refractivity contribution in [2.24, 2.45) is 0 Å². The molecule has 0 aliphatic heterocycles. The van der Waals surface area contributed by atoms with Gasteiger partial charge in [-0.05, 0) is 24.3 Å². The Labute approximate surface area is 104 Å². The summed E-state index contributed by atoms with van der Waals surface area (Å²) in [7, 11) is -3.21. The minimum absolute atomic E-state index is 0.178. The molecule has 2 aromatic carbocycles. The van der Waals surface area contributed by atoms with Crippen molar-refractivity contribution >= 4 is 31.6 Å². The highest BCUT2D eigenvalue weighted by molar-refractivity contribution is 7.90. The Balaban J connectivity index is 2.40. The average molecular weight is 261 g/mol. The van der Waals surface area contributed by atoms with E-state index in [1.807, 2.05) is 6.07 Å². The summed E-state index contributed by atoms with van der Waals surface area (Å²) in [5.41, 5.74) is 1.54. The summed E-state index contributed by atoms with van der Waals surface area (Å²) in [6, 6.07) is 10.0. The summed E-state index contributed by atoms with van der Waals surface area (Å²) >= 11 is 0. The Morgan fingerprint density at radius 2 is 1.61 bits per heavy atom. The first kappa shape index (κ1) is 11.1. The third-order valence-electron chi connectivity index (χ3n) is 2.98. The maximum atomic E-state index is 11.5. The minimum Gasteiger partial charge on any atom is -0.508 e. The van der Waals surface area contributed by atoms with Crippen LogP contribution in [-0.4, -0.2) is 24.8 Å². The quantitative estimate of drug-likeness (QED) is 0.706. The van der Waals surface area contributed by atoms with Gasteiger partial charge in [0.2, 0.25) is 0 Å². The molecule has 0 aliphatic rings. The van der Waals surface area contributed by atoms with Crippen LogP contribution in [0.1, 0.15) is 0 Å². The van der Waals surface area contributed by atoms with Gasteiger partial charge < -0.3 is 10.1 Å². The molecule has 4 nitrogen and oxygen atoms in total. The first-order chi connectivity index (χ1) is 8.45. The topological polar surface area (TPSA) is 70.2 Å². The van der Waals surface area contributed by atoms with Crippen LogP contribution in [0.5, 0.6) is 5.75 Å². The highest BCUT2D eigenvalue weighted by Crippen LogP contribution is 2.29. The number of aromatic hydroxyl groups is 1. The van der Waals surface area contributed by atoms with E-state index in [9.17, 15) is 13.5 Å². The lowest BCUT2D eigenvalue weighted by atomic mass is 10.1. The van der Waals surface area contributed by atoms with Crippen molar-refractivity contribution in [3.05, 3.63) is 36.4 Å². The Bertz CT molecular complexity index is 862. The number of sulfone groups is 1. The summed E-state index contributed by atoms with van der Waals surface area (Å²) in [6.45, 7) is 0. The molecule has 92 valence electrons. The number of hydrogen-bond acceptors (Lipinski definition) is 3. The van der Waals surface area contributed by atoms with E-state index in [1.54, 1.807) is 30.3 Å². The number of rotatable bonds is 1. The molecular weight excluding hydrogens is 250 g/mol. The van der Waals surface area contributed by atoms with Crippen molar-refractivity contribution in [1.29, 1.82) is 0 Å². The largest absolute Gasteiger partial charge is 0.508 e. The third kappa shape index (κ3) is 1.64. The zero-order valence-corrected chi connectivity index (χ0v) is 10.5. The molecule has 1 aromatic heterocycles. The van der Waals surface area contributed by atoms with Gasteiger partial charge in [0, 0.05) is 28.6 Å². The highest BCUT2D eigenvalue weighted by atomic mass is 32.2. The summed E-state index contributed by atoms with van der Waals surface area (Å²) in [5.74, 6) is 0.178. The predicted molar refractivity (Wildman–Crippen MR) is 70.6 cm³/mol. The summed E-state index contributed by atoms with van der Waals surface area (Å²) in [5, 5.41) is 11.3. The predicted octanol–water partition coefficient (Wildman–Crippen LogP) is 2.43. The third-order valence-corrected chi connectivity index (χ3v) is 4.09. The molecule has 0 fully saturated rings. The normalized spacial score (nSPS) is 12.3. The first-order valence-electron chi connectivity index (χ1n) is 5.40. The summed E-state index contributed by atoms with van der Waals surface area (Å²) in [6.07, 6.45) is 1.18. The smallest absolute Gasteiger partial charge is 0.175 e. The number of phenolic OH excluding ortho intramolecular Hbond substituents is 1. The zero-order valence-electron chi connectivity index (χ0n) is 9.64. The second-order valence-corrected chi connectivity index (χ2v) is 6.35. The summed E-state index contributed by atoms with van der Waals surface area (Å²) < 4.78 is 23.0. The Kier molecular flexibility index (Phi) is 2.15. The fourth-order valence-electron chi connectivity index (χ4n) is 2.11. The molecule has 0 radical (unpaired) electrons. The van der Waals surface area contributed by atoms with E-state index in [0.29, 0.717) is 0 Å². The average Bonchev–Trinajstić information content (AvgIpc) is 2.63. The number of aromatic nitrogens is 1. The van der Waals surface area contributed by atoms with Crippen LogP contribution in [0.2, 0.25) is 0 Å². The zero-order chi connectivity index (χ0) is 12.9. The standard InChI is InChI=1S/C13H11NO3S/c1-18(16,17)9-3-5-11-10-4-2-8(15)6-12(10)14-13(11)7-9/h2-7,14-15H,1H3. The van der Waals surface area contributed by atoms with Gasteiger partial charge in [0.05, 0.1) is 10.4 Å². The molecule has 3 rings (SSSR count). The van der Waals surface area contributed by atoms with Crippen LogP contribution in [-0.2, 0) is 9.84 Å². The van der Waals surface area contributed by atoms with Gasteiger partial charge in [-0.25, -0.2) is 8.42 Å². The molecule has 0 aliphatic carbocycles. The monoisotopic (exact) mass is 261 g/mol. The van der Waals surface area contributed by atoms with E-state index in [2.05, 4.69) is 4.98 Å². The molecule has 0 atom stereocenters. The molecule has 2 N–H and O–H groups in total. The van der Waals surface area contributed by atoms with Gasteiger partial charge in [-0.1, -0.05) is 6.07 Å². The van der Waals surface area contributed by atoms with Crippen molar-refractivity contribution in [2.45, 2.75) is 4.90 Å². The highest BCUT2D eigenvalue weighted by Gasteiger charge is 2.10. The van der Waals surface area contributed by atoms with Gasteiger partial charge in [-0.2, -0.15) is 0 Å². The second kappa shape index (κ2) is 3.49. The van der Waals surface area contributed by atoms with E-state index in [0.717, 1.165) is 21.8 Å². The van der Waals surface area contributed by atoms with Crippen LogP contribution in [0.25, 0.3) is 21.8 Å². The van der Waals surface area contributed by atoms with Gasteiger partial charge in [0.25, 0.3) is 0 Å². The molecule has 0 amide bonds. The fourth-order valence-corrected chi connectivity index (χ4v) is 2.76. The van der Waals surface area contributed by atoms with Gasteiger partial charge >= 0.3 is 0 Å². The van der Waals surface area contributed by atoms with Crippen molar-refractivity contribution in [3.63, 3.8) is 0 Å². The van der Waals surface area contributed by atoms with Crippen LogP contribution in [0.3, 0.4) is 0 Å². The molecule has 0 bridgehead atoms. The van der Waals surface area contributed by atoms with Gasteiger partial charge in [-0.3, -0.25) is 0 Å². The Hall–Kier alpha value is -2.01. The number of fused-ring (bicyclic) bond motifs is 3. The number of phenols is 1.